The molecule has 0 unspecified atom stereocenters. The number of hydrogen-bond acceptors (Lipinski definition) is 4. The van der Waals surface area contributed by atoms with Crippen molar-refractivity contribution < 1.29 is 19.1 Å². The molecule has 1 aromatic heterocycles. The Morgan fingerprint density at radius 1 is 1.14 bits per heavy atom. The molecule has 22 heavy (non-hydrogen) atoms. The smallest absolute Gasteiger partial charge is 0.308 e. The van der Waals surface area contributed by atoms with E-state index in [1.54, 1.807) is 38.1 Å². The van der Waals surface area contributed by atoms with Crippen molar-refractivity contribution in [3.63, 3.8) is 0 Å². The average molecular weight is 302 g/mol. The Morgan fingerprint density at radius 2 is 1.77 bits per heavy atom. The third-order valence-electron chi connectivity index (χ3n) is 3.38. The Bertz CT molecular complexity index is 729. The molecule has 2 aromatic rings. The number of rotatable bonds is 5. The van der Waals surface area contributed by atoms with E-state index in [1.165, 1.54) is 11.8 Å². The van der Waals surface area contributed by atoms with Crippen molar-refractivity contribution in [3.05, 3.63) is 30.0 Å². The highest BCUT2D eigenvalue weighted by Gasteiger charge is 2.28. The topological polar surface area (TPSA) is 79.5 Å². The number of carbonyl (C=O) groups excluding carboxylic acids is 3. The normalized spacial score (nSPS) is 10.5. The van der Waals surface area contributed by atoms with Gasteiger partial charge in [0.1, 0.15) is 5.69 Å². The zero-order chi connectivity index (χ0) is 16.3. The van der Waals surface area contributed by atoms with Crippen molar-refractivity contribution in [1.29, 1.82) is 0 Å². The molecule has 0 saturated heterocycles. The van der Waals surface area contributed by atoms with Gasteiger partial charge < -0.3 is 14.6 Å². The maximum Gasteiger partial charge on any atom is 0.308 e. The number of likely N-dealkylation sites (N-methyl/N-ethyl adjacent to an activating group) is 1. The molecule has 6 heteroatoms. The summed E-state index contributed by atoms with van der Waals surface area (Å²) in [6.45, 7) is 5.72. The van der Waals surface area contributed by atoms with Crippen LogP contribution >= 0.6 is 0 Å². The fourth-order valence-electron chi connectivity index (χ4n) is 2.29. The number of esters is 1. The van der Waals surface area contributed by atoms with Crippen molar-refractivity contribution in [2.24, 2.45) is 0 Å². The molecule has 6 nitrogen and oxygen atoms in total. The molecular formula is C16H18N2O4. The molecule has 0 radical (unpaired) electrons. The van der Waals surface area contributed by atoms with Crippen LogP contribution in [0.2, 0.25) is 0 Å². The molecule has 0 saturated carbocycles. The molecule has 0 aliphatic heterocycles. The molecule has 0 fully saturated rings. The van der Waals surface area contributed by atoms with E-state index >= 15 is 0 Å². The van der Waals surface area contributed by atoms with E-state index in [1.807, 2.05) is 0 Å². The van der Waals surface area contributed by atoms with Crippen LogP contribution in [0.4, 0.5) is 0 Å². The van der Waals surface area contributed by atoms with Gasteiger partial charge in [-0.05, 0) is 26.0 Å². The number of nitrogens with zero attached hydrogens (tertiary/aromatic N) is 1. The lowest BCUT2D eigenvalue weighted by molar-refractivity contribution is -0.132. The summed E-state index contributed by atoms with van der Waals surface area (Å²) in [4.78, 5) is 40.3. The maximum atomic E-state index is 12.5. The van der Waals surface area contributed by atoms with E-state index < -0.39 is 17.7 Å². The van der Waals surface area contributed by atoms with Gasteiger partial charge in [0.25, 0.3) is 11.7 Å². The quantitative estimate of drug-likeness (QED) is 0.521. The lowest BCUT2D eigenvalue weighted by Gasteiger charge is -2.17. The largest absolute Gasteiger partial charge is 0.424 e. The van der Waals surface area contributed by atoms with Gasteiger partial charge in [0.05, 0.1) is 0 Å². The van der Waals surface area contributed by atoms with Crippen LogP contribution in [0.25, 0.3) is 10.9 Å². The van der Waals surface area contributed by atoms with Gasteiger partial charge in [-0.3, -0.25) is 14.4 Å². The summed E-state index contributed by atoms with van der Waals surface area (Å²) >= 11 is 0. The van der Waals surface area contributed by atoms with Crippen LogP contribution in [0, 0.1) is 0 Å². The molecule has 0 spiro atoms. The number of aromatic amines is 1. The number of Topliss-reactive ketones (excluding diaryl/α,β-unsaturated/α-hetero) is 1. The van der Waals surface area contributed by atoms with E-state index in [-0.39, 0.29) is 11.4 Å². The first-order chi connectivity index (χ1) is 10.5. The Balaban J connectivity index is 2.52. The minimum absolute atomic E-state index is 0.00769. The van der Waals surface area contributed by atoms with Crippen LogP contribution in [-0.4, -0.2) is 40.6 Å². The number of amides is 1. The van der Waals surface area contributed by atoms with Gasteiger partial charge in [0.15, 0.2) is 5.75 Å². The van der Waals surface area contributed by atoms with Crippen molar-refractivity contribution in [2.45, 2.75) is 20.8 Å². The van der Waals surface area contributed by atoms with Crippen LogP contribution in [0.15, 0.2) is 24.3 Å². The molecule has 2 rings (SSSR count). The van der Waals surface area contributed by atoms with Gasteiger partial charge in [-0.25, -0.2) is 0 Å². The number of nitrogens with one attached hydrogen (secondary N) is 1. The average Bonchev–Trinajstić information content (AvgIpc) is 2.86. The third-order valence-corrected chi connectivity index (χ3v) is 3.38. The van der Waals surface area contributed by atoms with Crippen molar-refractivity contribution in [2.75, 3.05) is 13.1 Å². The first kappa shape index (κ1) is 15.8. The number of para-hydroxylation sites is 1. The van der Waals surface area contributed by atoms with Gasteiger partial charge >= 0.3 is 5.97 Å². The second kappa shape index (κ2) is 6.43. The summed E-state index contributed by atoms with van der Waals surface area (Å²) in [5.41, 5.74) is 0.641. The molecule has 0 atom stereocenters. The number of H-pyrrole nitrogens is 1. The first-order valence-electron chi connectivity index (χ1n) is 7.12. The highest BCUT2D eigenvalue weighted by atomic mass is 16.5. The van der Waals surface area contributed by atoms with Gasteiger partial charge in [-0.15, -0.1) is 0 Å². The van der Waals surface area contributed by atoms with Crippen LogP contribution in [0.5, 0.6) is 5.75 Å². The Labute approximate surface area is 128 Å². The van der Waals surface area contributed by atoms with E-state index in [0.717, 1.165) is 0 Å². The predicted octanol–water partition coefficient (Wildman–Crippen LogP) is 2.14. The Hall–Kier alpha value is -2.63. The summed E-state index contributed by atoms with van der Waals surface area (Å²) in [6.07, 6.45) is 0. The molecule has 1 amide bonds. The molecule has 0 aliphatic rings. The summed E-state index contributed by atoms with van der Waals surface area (Å²) in [7, 11) is 0. The molecular weight excluding hydrogens is 284 g/mol. The second-order valence-electron chi connectivity index (χ2n) is 4.77. The summed E-state index contributed by atoms with van der Waals surface area (Å²) in [6, 6.07) is 7.03. The highest BCUT2D eigenvalue weighted by Crippen LogP contribution is 2.30. The fraction of sp³-hybridized carbons (Fsp3) is 0.312. The number of hydrogen-bond donors (Lipinski definition) is 1. The number of ketones is 1. The zero-order valence-corrected chi connectivity index (χ0v) is 12.8. The monoisotopic (exact) mass is 302 g/mol. The lowest BCUT2D eigenvalue weighted by Crippen LogP contribution is -2.36. The molecule has 1 N–H and O–H groups in total. The number of benzene rings is 1. The van der Waals surface area contributed by atoms with E-state index in [9.17, 15) is 14.4 Å². The van der Waals surface area contributed by atoms with Crippen LogP contribution in [0.3, 0.4) is 0 Å². The fourth-order valence-corrected chi connectivity index (χ4v) is 2.29. The first-order valence-corrected chi connectivity index (χ1v) is 7.12. The van der Waals surface area contributed by atoms with Gasteiger partial charge in [0.2, 0.25) is 0 Å². The SMILES string of the molecule is CCN(CC)C(=O)C(=O)c1[nH]c2ccccc2c1OC(C)=O. The lowest BCUT2D eigenvalue weighted by atomic mass is 10.2. The van der Waals surface area contributed by atoms with Crippen molar-refractivity contribution >= 4 is 28.6 Å². The maximum absolute atomic E-state index is 12.5. The minimum atomic E-state index is -0.712. The molecule has 0 aliphatic carbocycles. The number of carbonyl (C=O) groups is 3. The van der Waals surface area contributed by atoms with E-state index in [2.05, 4.69) is 4.98 Å². The highest BCUT2D eigenvalue weighted by molar-refractivity contribution is 6.43. The molecule has 1 heterocycles. The van der Waals surface area contributed by atoms with Crippen molar-refractivity contribution in [1.82, 2.24) is 9.88 Å². The standard InChI is InChI=1S/C16H18N2O4/c1-4-18(5-2)16(21)14(20)13-15(22-10(3)19)11-8-6-7-9-12(11)17-13/h6-9,17H,4-5H2,1-3H3. The Morgan fingerprint density at radius 3 is 2.36 bits per heavy atom. The summed E-state index contributed by atoms with van der Waals surface area (Å²) in [5, 5.41) is 0.591. The second-order valence-corrected chi connectivity index (χ2v) is 4.77. The van der Waals surface area contributed by atoms with E-state index in [0.29, 0.717) is 24.0 Å². The Kier molecular flexibility index (Phi) is 4.60. The van der Waals surface area contributed by atoms with Gasteiger partial charge in [-0.2, -0.15) is 0 Å². The van der Waals surface area contributed by atoms with Gasteiger partial charge in [-0.1, -0.05) is 12.1 Å². The van der Waals surface area contributed by atoms with Crippen LogP contribution < -0.4 is 4.74 Å². The molecule has 0 bridgehead atoms. The molecule has 116 valence electrons. The number of fused-ring (bicyclic) bond motifs is 1. The summed E-state index contributed by atoms with van der Waals surface area (Å²) in [5.74, 6) is -1.77. The summed E-state index contributed by atoms with van der Waals surface area (Å²) < 4.78 is 5.16. The third kappa shape index (κ3) is 2.86. The molecule has 1 aromatic carbocycles. The van der Waals surface area contributed by atoms with Crippen molar-refractivity contribution in [3.8, 4) is 5.75 Å². The zero-order valence-electron chi connectivity index (χ0n) is 12.8. The van der Waals surface area contributed by atoms with E-state index in [4.69, 9.17) is 4.74 Å². The van der Waals surface area contributed by atoms with Crippen LogP contribution in [0.1, 0.15) is 31.3 Å². The number of aromatic nitrogens is 1. The minimum Gasteiger partial charge on any atom is -0.424 e. The predicted molar refractivity (Wildman–Crippen MR) is 81.9 cm³/mol. The van der Waals surface area contributed by atoms with Crippen LogP contribution in [-0.2, 0) is 9.59 Å². The number of ether oxygens (including phenoxy) is 1. The van der Waals surface area contributed by atoms with Gasteiger partial charge in [0, 0.05) is 30.9 Å².